The van der Waals surface area contributed by atoms with Crippen LogP contribution in [0.15, 0.2) is 0 Å². The molecular weight excluding hydrogens is 436 g/mol. The second kappa shape index (κ2) is 24.6. The van der Waals surface area contributed by atoms with Crippen LogP contribution >= 0.6 is 0 Å². The molecule has 0 atom stereocenters. The highest BCUT2D eigenvalue weighted by Gasteiger charge is 2.47. The van der Waals surface area contributed by atoms with Gasteiger partial charge in [-0.2, -0.15) is 0 Å². The van der Waals surface area contributed by atoms with Crippen molar-refractivity contribution in [2.45, 2.75) is 169 Å². The van der Waals surface area contributed by atoms with Crippen molar-refractivity contribution in [2.75, 3.05) is 13.2 Å². The number of esters is 2. The lowest BCUT2D eigenvalue weighted by Crippen LogP contribution is -2.42. The Morgan fingerprint density at radius 1 is 0.429 bits per heavy atom. The van der Waals surface area contributed by atoms with E-state index in [0.29, 0.717) is 26.1 Å². The number of rotatable bonds is 26. The number of ether oxygens (including phenoxy) is 2. The molecule has 4 heteroatoms. The summed E-state index contributed by atoms with van der Waals surface area (Å²) < 4.78 is 10.8. The van der Waals surface area contributed by atoms with Gasteiger partial charge in [0, 0.05) is 0 Å². The Bertz CT molecular complexity index is 444. The lowest BCUT2D eigenvalue weighted by atomic mass is 9.77. The van der Waals surface area contributed by atoms with E-state index in [9.17, 15) is 9.59 Å². The molecule has 0 spiro atoms. The highest BCUT2D eigenvalue weighted by molar-refractivity contribution is 6.00. The standard InChI is InChI=1S/C31H60O4/c1-5-9-11-13-15-17-19-21-23-25-27-31(29(32)34-7-3,30(33)35-8-4)28-26-24-22-20-18-16-14-12-10-6-2/h5-28H2,1-4H3. The third-order valence-electron chi connectivity index (χ3n) is 7.25. The molecule has 0 heterocycles. The molecule has 208 valence electrons. The van der Waals surface area contributed by atoms with E-state index in [0.717, 1.165) is 25.7 Å². The van der Waals surface area contributed by atoms with Crippen molar-refractivity contribution in [3.63, 3.8) is 0 Å². The molecule has 0 rings (SSSR count). The minimum atomic E-state index is -1.12. The van der Waals surface area contributed by atoms with Gasteiger partial charge in [-0.15, -0.1) is 0 Å². The molecule has 0 radical (unpaired) electrons. The molecule has 0 saturated carbocycles. The Labute approximate surface area is 218 Å². The summed E-state index contributed by atoms with van der Waals surface area (Å²) in [6, 6.07) is 0. The second-order valence-corrected chi connectivity index (χ2v) is 10.4. The normalized spacial score (nSPS) is 11.5. The number of carbonyl (C=O) groups is 2. The van der Waals surface area contributed by atoms with Gasteiger partial charge in [0.25, 0.3) is 0 Å². The fourth-order valence-electron chi connectivity index (χ4n) is 4.98. The van der Waals surface area contributed by atoms with Gasteiger partial charge in [0.2, 0.25) is 0 Å². The van der Waals surface area contributed by atoms with Crippen LogP contribution in [0, 0.1) is 5.41 Å². The molecule has 0 aliphatic heterocycles. The predicted octanol–water partition coefficient (Wildman–Crippen LogP) is 9.72. The monoisotopic (exact) mass is 496 g/mol. The molecule has 35 heavy (non-hydrogen) atoms. The molecule has 0 aliphatic carbocycles. The fraction of sp³-hybridized carbons (Fsp3) is 0.935. The summed E-state index contributed by atoms with van der Waals surface area (Å²) in [6.45, 7) is 8.74. The van der Waals surface area contributed by atoms with Crippen LogP contribution in [0.1, 0.15) is 169 Å². The van der Waals surface area contributed by atoms with Crippen LogP contribution in [0.5, 0.6) is 0 Å². The predicted molar refractivity (Wildman–Crippen MR) is 149 cm³/mol. The first-order valence-electron chi connectivity index (χ1n) is 15.4. The van der Waals surface area contributed by atoms with Crippen molar-refractivity contribution in [2.24, 2.45) is 5.41 Å². The smallest absolute Gasteiger partial charge is 0.323 e. The van der Waals surface area contributed by atoms with Crippen molar-refractivity contribution in [3.8, 4) is 0 Å². The first kappa shape index (κ1) is 33.9. The molecule has 0 aromatic heterocycles. The topological polar surface area (TPSA) is 52.6 Å². The van der Waals surface area contributed by atoms with Crippen molar-refractivity contribution in [3.05, 3.63) is 0 Å². The van der Waals surface area contributed by atoms with Gasteiger partial charge in [-0.05, 0) is 26.7 Å². The molecule has 0 saturated heterocycles. The van der Waals surface area contributed by atoms with Gasteiger partial charge in [0.05, 0.1) is 13.2 Å². The molecule has 0 fully saturated rings. The van der Waals surface area contributed by atoms with Crippen LogP contribution < -0.4 is 0 Å². The average molecular weight is 497 g/mol. The fourth-order valence-corrected chi connectivity index (χ4v) is 4.98. The molecule has 4 nitrogen and oxygen atoms in total. The van der Waals surface area contributed by atoms with Crippen LogP contribution in [-0.4, -0.2) is 25.2 Å². The van der Waals surface area contributed by atoms with Gasteiger partial charge < -0.3 is 9.47 Å². The lowest BCUT2D eigenvalue weighted by molar-refractivity contribution is -0.173. The Morgan fingerprint density at radius 2 is 0.686 bits per heavy atom. The van der Waals surface area contributed by atoms with Crippen molar-refractivity contribution in [1.82, 2.24) is 0 Å². The summed E-state index contributed by atoms with van der Waals surface area (Å²) in [5.74, 6) is -0.740. The molecule has 0 amide bonds. The first-order valence-corrected chi connectivity index (χ1v) is 15.4. The van der Waals surface area contributed by atoms with Crippen LogP contribution in [0.25, 0.3) is 0 Å². The molecular formula is C31H60O4. The zero-order valence-electron chi connectivity index (χ0n) is 24.1. The summed E-state index contributed by atoms with van der Waals surface area (Å²) in [5.41, 5.74) is -1.12. The summed E-state index contributed by atoms with van der Waals surface area (Å²) in [6.07, 6.45) is 25.8. The molecule has 0 aromatic carbocycles. The van der Waals surface area contributed by atoms with Gasteiger partial charge in [-0.3, -0.25) is 9.59 Å². The molecule has 0 aliphatic rings. The maximum absolute atomic E-state index is 13.0. The Kier molecular flexibility index (Phi) is 23.9. The van der Waals surface area contributed by atoms with Crippen LogP contribution in [0.3, 0.4) is 0 Å². The van der Waals surface area contributed by atoms with Crippen LogP contribution in [-0.2, 0) is 19.1 Å². The lowest BCUT2D eigenvalue weighted by Gasteiger charge is -2.29. The van der Waals surface area contributed by atoms with Gasteiger partial charge in [-0.1, -0.05) is 142 Å². The Morgan fingerprint density at radius 3 is 0.943 bits per heavy atom. The Balaban J connectivity index is 4.56. The van der Waals surface area contributed by atoms with E-state index < -0.39 is 5.41 Å². The summed E-state index contributed by atoms with van der Waals surface area (Å²) in [4.78, 5) is 26.1. The number of hydrogen-bond acceptors (Lipinski definition) is 4. The van der Waals surface area contributed by atoms with Crippen molar-refractivity contribution in [1.29, 1.82) is 0 Å². The quantitative estimate of drug-likeness (QED) is 0.0679. The molecule has 0 N–H and O–H groups in total. The molecule has 0 bridgehead atoms. The van der Waals surface area contributed by atoms with Gasteiger partial charge in [0.15, 0.2) is 5.41 Å². The van der Waals surface area contributed by atoms with Gasteiger partial charge in [-0.25, -0.2) is 0 Å². The first-order chi connectivity index (χ1) is 17.1. The summed E-state index contributed by atoms with van der Waals surface area (Å²) in [5, 5.41) is 0. The van der Waals surface area contributed by atoms with E-state index in [1.54, 1.807) is 0 Å². The number of carbonyl (C=O) groups excluding carboxylic acids is 2. The molecule has 0 unspecified atom stereocenters. The molecule has 0 aromatic rings. The highest BCUT2D eigenvalue weighted by Crippen LogP contribution is 2.35. The van der Waals surface area contributed by atoms with E-state index in [1.807, 2.05) is 13.8 Å². The third kappa shape index (κ3) is 17.1. The van der Waals surface area contributed by atoms with Gasteiger partial charge in [0.1, 0.15) is 0 Å². The van der Waals surface area contributed by atoms with Crippen LogP contribution in [0.4, 0.5) is 0 Å². The summed E-state index contributed by atoms with van der Waals surface area (Å²) in [7, 11) is 0. The summed E-state index contributed by atoms with van der Waals surface area (Å²) >= 11 is 0. The van der Waals surface area contributed by atoms with E-state index in [4.69, 9.17) is 9.47 Å². The third-order valence-corrected chi connectivity index (χ3v) is 7.25. The van der Waals surface area contributed by atoms with Crippen LogP contribution in [0.2, 0.25) is 0 Å². The van der Waals surface area contributed by atoms with Crippen molar-refractivity contribution >= 4 is 11.9 Å². The zero-order valence-corrected chi connectivity index (χ0v) is 24.1. The average Bonchev–Trinajstić information content (AvgIpc) is 2.85. The van der Waals surface area contributed by atoms with Gasteiger partial charge >= 0.3 is 11.9 Å². The van der Waals surface area contributed by atoms with E-state index in [-0.39, 0.29) is 11.9 Å². The van der Waals surface area contributed by atoms with E-state index in [2.05, 4.69) is 13.8 Å². The highest BCUT2D eigenvalue weighted by atomic mass is 16.6. The minimum absolute atomic E-state index is 0.302. The second-order valence-electron chi connectivity index (χ2n) is 10.4. The Hall–Kier alpha value is -1.06. The maximum atomic E-state index is 13.0. The largest absolute Gasteiger partial charge is 0.465 e. The SMILES string of the molecule is CCCCCCCCCCCCC(CCCCCCCCCCCC)(C(=O)OCC)C(=O)OCC. The van der Waals surface area contributed by atoms with Crippen molar-refractivity contribution < 1.29 is 19.1 Å². The maximum Gasteiger partial charge on any atom is 0.323 e. The number of unbranched alkanes of at least 4 members (excludes halogenated alkanes) is 18. The number of hydrogen-bond donors (Lipinski definition) is 0. The minimum Gasteiger partial charge on any atom is -0.465 e. The zero-order chi connectivity index (χ0) is 26.0. The van der Waals surface area contributed by atoms with E-state index in [1.165, 1.54) is 103 Å². The van der Waals surface area contributed by atoms with E-state index >= 15 is 0 Å².